The third-order valence-corrected chi connectivity index (χ3v) is 7.55. The van der Waals surface area contributed by atoms with Crippen molar-refractivity contribution in [3.05, 3.63) is 54.5 Å². The Morgan fingerprint density at radius 1 is 1.03 bits per heavy atom. The summed E-state index contributed by atoms with van der Waals surface area (Å²) >= 11 is 0. The molecular weight excluding hydrogens is 440 g/mol. The van der Waals surface area contributed by atoms with Gasteiger partial charge in [-0.15, -0.1) is 0 Å². The van der Waals surface area contributed by atoms with E-state index in [1.54, 1.807) is 50.0 Å². The van der Waals surface area contributed by atoms with Crippen LogP contribution in [0.15, 0.2) is 53.8 Å². The van der Waals surface area contributed by atoms with E-state index in [0.29, 0.717) is 16.6 Å². The van der Waals surface area contributed by atoms with Crippen molar-refractivity contribution in [3.8, 4) is 22.8 Å². The van der Waals surface area contributed by atoms with Crippen molar-refractivity contribution >= 4 is 15.8 Å². The van der Waals surface area contributed by atoms with Gasteiger partial charge in [-0.25, -0.2) is 18.4 Å². The maximum Gasteiger partial charge on any atom is 0.225 e. The van der Waals surface area contributed by atoms with Crippen LogP contribution >= 0.6 is 0 Å². The first-order valence-electron chi connectivity index (χ1n) is 11.0. The Morgan fingerprint density at radius 2 is 1.73 bits per heavy atom. The number of anilines is 1. The number of nitrogens with zero attached hydrogens (tertiary/aromatic N) is 4. The topological polar surface area (TPSA) is 94.5 Å². The van der Waals surface area contributed by atoms with E-state index in [0.717, 1.165) is 60.9 Å². The SMILES string of the molecule is COc1cnc(N2CCC([C@H]3Cc4cc(-c5ccc(S(C)(=O)=O)cc5)ncc4O3)CC2)nc1. The van der Waals surface area contributed by atoms with Gasteiger partial charge in [0.2, 0.25) is 5.95 Å². The average molecular weight is 467 g/mol. The van der Waals surface area contributed by atoms with Crippen molar-refractivity contribution in [1.82, 2.24) is 15.0 Å². The molecule has 1 saturated heterocycles. The number of rotatable bonds is 5. The fraction of sp³-hybridized carbons (Fsp3) is 0.375. The predicted octanol–water partition coefficient (Wildman–Crippen LogP) is 3.17. The molecule has 0 aliphatic carbocycles. The Labute approximate surface area is 193 Å². The van der Waals surface area contributed by atoms with Crippen LogP contribution in [-0.4, -0.2) is 55.9 Å². The van der Waals surface area contributed by atoms with E-state index < -0.39 is 9.84 Å². The fourth-order valence-electron chi connectivity index (χ4n) is 4.51. The molecule has 33 heavy (non-hydrogen) atoms. The van der Waals surface area contributed by atoms with Gasteiger partial charge < -0.3 is 14.4 Å². The molecule has 1 atom stereocenters. The van der Waals surface area contributed by atoms with Crippen molar-refractivity contribution in [2.75, 3.05) is 31.4 Å². The average Bonchev–Trinajstić information content (AvgIpc) is 3.27. The van der Waals surface area contributed by atoms with E-state index >= 15 is 0 Å². The molecule has 4 heterocycles. The van der Waals surface area contributed by atoms with Gasteiger partial charge in [-0.2, -0.15) is 0 Å². The van der Waals surface area contributed by atoms with E-state index in [4.69, 9.17) is 9.47 Å². The van der Waals surface area contributed by atoms with Crippen LogP contribution < -0.4 is 14.4 Å². The zero-order valence-electron chi connectivity index (χ0n) is 18.6. The molecule has 0 unspecified atom stereocenters. The number of hydrogen-bond acceptors (Lipinski definition) is 8. The summed E-state index contributed by atoms with van der Waals surface area (Å²) in [6.45, 7) is 1.78. The van der Waals surface area contributed by atoms with E-state index in [-0.39, 0.29) is 6.10 Å². The van der Waals surface area contributed by atoms with Crippen LogP contribution in [0.4, 0.5) is 5.95 Å². The van der Waals surface area contributed by atoms with Gasteiger partial charge in [0.1, 0.15) is 11.9 Å². The number of hydrogen-bond donors (Lipinski definition) is 0. The van der Waals surface area contributed by atoms with Gasteiger partial charge in [-0.3, -0.25) is 4.98 Å². The molecule has 2 aromatic heterocycles. The molecule has 3 aromatic rings. The van der Waals surface area contributed by atoms with E-state index in [2.05, 4.69) is 25.9 Å². The Hall–Kier alpha value is -3.20. The summed E-state index contributed by atoms with van der Waals surface area (Å²) in [5, 5.41) is 0. The molecule has 9 heteroatoms. The maximum atomic E-state index is 11.7. The summed E-state index contributed by atoms with van der Waals surface area (Å²) < 4.78 is 34.8. The summed E-state index contributed by atoms with van der Waals surface area (Å²) in [6, 6.07) is 8.91. The van der Waals surface area contributed by atoms with E-state index in [1.807, 2.05) is 0 Å². The second-order valence-corrected chi connectivity index (χ2v) is 10.6. The molecule has 5 rings (SSSR count). The second-order valence-electron chi connectivity index (χ2n) is 8.58. The van der Waals surface area contributed by atoms with Gasteiger partial charge in [-0.1, -0.05) is 12.1 Å². The van der Waals surface area contributed by atoms with Crippen molar-refractivity contribution in [2.45, 2.75) is 30.3 Å². The quantitative estimate of drug-likeness (QED) is 0.566. The highest BCUT2D eigenvalue weighted by Crippen LogP contribution is 2.37. The monoisotopic (exact) mass is 466 g/mol. The maximum absolute atomic E-state index is 11.7. The molecule has 2 aliphatic rings. The zero-order chi connectivity index (χ0) is 23.0. The van der Waals surface area contributed by atoms with Crippen LogP contribution in [0.2, 0.25) is 0 Å². The number of fused-ring (bicyclic) bond motifs is 1. The lowest BCUT2D eigenvalue weighted by molar-refractivity contribution is 0.138. The number of ether oxygens (including phenoxy) is 2. The summed E-state index contributed by atoms with van der Waals surface area (Å²) in [5.41, 5.74) is 2.86. The third kappa shape index (κ3) is 4.50. The first-order chi connectivity index (χ1) is 15.9. The van der Waals surface area contributed by atoms with Gasteiger partial charge in [0.25, 0.3) is 0 Å². The Kier molecular flexibility index (Phi) is 5.65. The van der Waals surface area contributed by atoms with Crippen molar-refractivity contribution in [2.24, 2.45) is 5.92 Å². The summed E-state index contributed by atoms with van der Waals surface area (Å²) in [4.78, 5) is 15.9. The predicted molar refractivity (Wildman–Crippen MR) is 124 cm³/mol. The lowest BCUT2D eigenvalue weighted by atomic mass is 9.89. The van der Waals surface area contributed by atoms with E-state index in [1.165, 1.54) is 6.26 Å². The Balaban J connectivity index is 1.23. The van der Waals surface area contributed by atoms with E-state index in [9.17, 15) is 8.42 Å². The van der Waals surface area contributed by atoms with Crippen LogP contribution in [0.3, 0.4) is 0 Å². The minimum atomic E-state index is -3.21. The third-order valence-electron chi connectivity index (χ3n) is 6.42. The van der Waals surface area contributed by atoms with Crippen LogP contribution in [0, 0.1) is 5.92 Å². The first-order valence-corrected chi connectivity index (χ1v) is 12.9. The minimum absolute atomic E-state index is 0.142. The molecule has 172 valence electrons. The molecule has 1 aromatic carbocycles. The van der Waals surface area contributed by atoms with Gasteiger partial charge in [0, 0.05) is 36.9 Å². The van der Waals surface area contributed by atoms with Crippen LogP contribution in [0.5, 0.6) is 11.5 Å². The highest BCUT2D eigenvalue weighted by Gasteiger charge is 2.33. The first kappa shape index (κ1) is 21.6. The molecular formula is C24H26N4O4S. The zero-order valence-corrected chi connectivity index (χ0v) is 19.5. The largest absolute Gasteiger partial charge is 0.494 e. The standard InChI is InChI=1S/C24H26N4O4S/c1-31-19-13-26-24(27-14-19)28-9-7-17(8-10-28)22-12-18-11-21(25-15-23(18)32-22)16-3-5-20(6-4-16)33(2,29)30/h3-6,11,13-15,17,22H,7-10,12H2,1-2H3/t22-/m1/s1. The molecule has 0 radical (unpaired) electrons. The minimum Gasteiger partial charge on any atom is -0.494 e. The van der Waals surface area contributed by atoms with Crippen LogP contribution in [-0.2, 0) is 16.3 Å². The highest BCUT2D eigenvalue weighted by atomic mass is 32.2. The highest BCUT2D eigenvalue weighted by molar-refractivity contribution is 7.90. The Bertz CT molecular complexity index is 1240. The lowest BCUT2D eigenvalue weighted by Gasteiger charge is -2.34. The molecule has 8 nitrogen and oxygen atoms in total. The number of pyridine rings is 1. The molecule has 1 fully saturated rings. The number of benzene rings is 1. The molecule has 0 N–H and O–H groups in total. The van der Waals surface area contributed by atoms with Gasteiger partial charge in [0.15, 0.2) is 15.6 Å². The van der Waals surface area contributed by atoms with Gasteiger partial charge in [0.05, 0.1) is 36.3 Å². The number of aromatic nitrogens is 3. The summed E-state index contributed by atoms with van der Waals surface area (Å²) in [7, 11) is -1.61. The number of piperidine rings is 1. The molecule has 0 spiro atoms. The second kappa shape index (κ2) is 8.62. The smallest absolute Gasteiger partial charge is 0.225 e. The number of sulfone groups is 1. The summed E-state index contributed by atoms with van der Waals surface area (Å²) in [6.07, 6.45) is 9.42. The van der Waals surface area contributed by atoms with Crippen LogP contribution in [0.1, 0.15) is 18.4 Å². The summed E-state index contributed by atoms with van der Waals surface area (Å²) in [5.74, 6) is 2.70. The van der Waals surface area contributed by atoms with Gasteiger partial charge >= 0.3 is 0 Å². The molecule has 2 aliphatic heterocycles. The van der Waals surface area contributed by atoms with Crippen molar-refractivity contribution in [1.29, 1.82) is 0 Å². The number of methoxy groups -OCH3 is 1. The van der Waals surface area contributed by atoms with Crippen LogP contribution in [0.25, 0.3) is 11.3 Å². The molecule has 0 saturated carbocycles. The molecule has 0 bridgehead atoms. The van der Waals surface area contributed by atoms with Gasteiger partial charge in [-0.05, 0) is 37.0 Å². The lowest BCUT2D eigenvalue weighted by Crippen LogP contribution is -2.40. The Morgan fingerprint density at radius 3 is 2.36 bits per heavy atom. The van der Waals surface area contributed by atoms with Crippen molar-refractivity contribution < 1.29 is 17.9 Å². The normalized spacial score (nSPS) is 18.6. The van der Waals surface area contributed by atoms with Crippen molar-refractivity contribution in [3.63, 3.8) is 0 Å². The fourth-order valence-corrected chi connectivity index (χ4v) is 5.15. The molecule has 0 amide bonds.